The molecule has 0 N–H and O–H groups in total. The smallest absolute Gasteiger partial charge is 0.334 e. The molecule has 2 unspecified atom stereocenters. The van der Waals surface area contributed by atoms with E-state index in [9.17, 15) is 9.59 Å². The van der Waals surface area contributed by atoms with Gasteiger partial charge in [0.2, 0.25) is 0 Å². The van der Waals surface area contributed by atoms with Gasteiger partial charge in [0.05, 0.1) is 25.4 Å². The van der Waals surface area contributed by atoms with Crippen molar-refractivity contribution in [1.82, 2.24) is 0 Å². The number of methoxy groups -OCH3 is 2. The van der Waals surface area contributed by atoms with E-state index in [1.165, 1.54) is 39.9 Å². The third kappa shape index (κ3) is 0.893. The summed E-state index contributed by atoms with van der Waals surface area (Å²) in [5.74, 6) is 4.37. The molecule has 7 saturated carbocycles. The number of rotatable bonds is 2. The van der Waals surface area contributed by atoms with Crippen LogP contribution in [0.4, 0.5) is 0 Å². The second-order valence-corrected chi connectivity index (χ2v) is 11.8. The van der Waals surface area contributed by atoms with Crippen molar-refractivity contribution in [2.45, 2.75) is 25.7 Å². The second kappa shape index (κ2) is 4.00. The predicted octanol–water partition coefficient (Wildman–Crippen LogP) is 3.30. The average Bonchev–Trinajstić information content (AvgIpc) is 3.47. The molecular formula is C26H26O4. The van der Waals surface area contributed by atoms with E-state index in [0.717, 1.165) is 35.5 Å². The summed E-state index contributed by atoms with van der Waals surface area (Å²) < 4.78 is 10.6. The van der Waals surface area contributed by atoms with Gasteiger partial charge >= 0.3 is 11.9 Å². The minimum atomic E-state index is -0.305. The van der Waals surface area contributed by atoms with Crippen molar-refractivity contribution in [2.75, 3.05) is 14.2 Å². The molecule has 7 fully saturated rings. The van der Waals surface area contributed by atoms with E-state index in [1.807, 2.05) is 0 Å². The first-order chi connectivity index (χ1) is 14.6. The molecule has 6 bridgehead atoms. The molecule has 0 aromatic carbocycles. The molecule has 154 valence electrons. The Bertz CT molecular complexity index is 1030. The van der Waals surface area contributed by atoms with Gasteiger partial charge < -0.3 is 9.47 Å². The Morgan fingerprint density at radius 1 is 0.767 bits per heavy atom. The van der Waals surface area contributed by atoms with Crippen LogP contribution in [0.1, 0.15) is 25.7 Å². The Morgan fingerprint density at radius 2 is 1.20 bits per heavy atom. The molecule has 0 amide bonds. The van der Waals surface area contributed by atoms with Gasteiger partial charge in [-0.1, -0.05) is 24.3 Å². The first-order valence-corrected chi connectivity index (χ1v) is 11.8. The number of hydrogen-bond donors (Lipinski definition) is 0. The van der Waals surface area contributed by atoms with Crippen molar-refractivity contribution in [1.29, 1.82) is 0 Å². The van der Waals surface area contributed by atoms with Gasteiger partial charge in [-0.25, -0.2) is 9.59 Å². The fraction of sp³-hybridized carbons (Fsp3) is 0.692. The van der Waals surface area contributed by atoms with E-state index in [2.05, 4.69) is 24.3 Å². The van der Waals surface area contributed by atoms with E-state index in [1.54, 1.807) is 0 Å². The largest absolute Gasteiger partial charge is 0.466 e. The van der Waals surface area contributed by atoms with E-state index < -0.39 is 0 Å². The monoisotopic (exact) mass is 402 g/mol. The zero-order valence-corrected chi connectivity index (χ0v) is 17.4. The van der Waals surface area contributed by atoms with Crippen molar-refractivity contribution in [3.05, 3.63) is 35.5 Å². The summed E-state index contributed by atoms with van der Waals surface area (Å²) in [7, 11) is 2.92. The van der Waals surface area contributed by atoms with Crippen LogP contribution in [-0.2, 0) is 19.1 Å². The number of ether oxygens (including phenoxy) is 2. The van der Waals surface area contributed by atoms with Crippen LogP contribution in [0.2, 0.25) is 0 Å². The summed E-state index contributed by atoms with van der Waals surface area (Å²) in [6, 6.07) is 0. The molecule has 4 heteroatoms. The van der Waals surface area contributed by atoms with Crippen LogP contribution >= 0.6 is 0 Å². The van der Waals surface area contributed by atoms with Gasteiger partial charge in [-0.2, -0.15) is 0 Å². The third-order valence-electron chi connectivity index (χ3n) is 13.0. The maximum atomic E-state index is 13.2. The number of carbonyl (C=O) groups is 2. The maximum Gasteiger partial charge on any atom is 0.334 e. The molecule has 11 rings (SSSR count). The minimum absolute atomic E-state index is 0.0315. The highest BCUT2D eigenvalue weighted by atomic mass is 16.5. The fourth-order valence-electron chi connectivity index (χ4n) is 14.1. The zero-order chi connectivity index (χ0) is 20.0. The van der Waals surface area contributed by atoms with E-state index in [0.29, 0.717) is 22.0 Å². The molecule has 0 heterocycles. The highest BCUT2D eigenvalue weighted by Gasteiger charge is 3.09. The topological polar surface area (TPSA) is 52.6 Å². The molecule has 0 aromatic heterocycles. The fourth-order valence-corrected chi connectivity index (χ4v) is 14.1. The molecule has 0 aliphatic heterocycles. The molecule has 11 aliphatic rings. The molecule has 11 aliphatic carbocycles. The third-order valence-corrected chi connectivity index (χ3v) is 13.0. The molecule has 4 spiro atoms. The summed E-state index contributed by atoms with van der Waals surface area (Å²) >= 11 is 0. The summed E-state index contributed by atoms with van der Waals surface area (Å²) in [5.41, 5.74) is 2.36. The summed E-state index contributed by atoms with van der Waals surface area (Å²) in [6.07, 6.45) is 14.7. The summed E-state index contributed by atoms with van der Waals surface area (Å²) in [4.78, 5) is 26.4. The van der Waals surface area contributed by atoms with Crippen molar-refractivity contribution in [3.63, 3.8) is 0 Å². The molecule has 0 saturated heterocycles. The quantitative estimate of drug-likeness (QED) is 0.525. The van der Waals surface area contributed by atoms with Crippen molar-refractivity contribution in [2.24, 2.45) is 69.0 Å². The van der Waals surface area contributed by atoms with Crippen LogP contribution in [0, 0.1) is 69.0 Å². The molecule has 4 nitrogen and oxygen atoms in total. The highest BCUT2D eigenvalue weighted by Crippen LogP contribution is 3.12. The first kappa shape index (κ1) is 15.9. The second-order valence-electron chi connectivity index (χ2n) is 11.8. The maximum absolute atomic E-state index is 13.2. The van der Waals surface area contributed by atoms with Gasteiger partial charge in [0.25, 0.3) is 0 Å². The summed E-state index contributed by atoms with van der Waals surface area (Å²) in [5, 5.41) is 0. The van der Waals surface area contributed by atoms with Crippen LogP contribution in [-0.4, -0.2) is 26.2 Å². The minimum Gasteiger partial charge on any atom is -0.466 e. The number of allylic oxidation sites excluding steroid dienone is 4. The SMILES string of the molecule is COC(=O)C1=C(C(=O)OC)[C@@H]2C=C[C@H]1[C@@]13[C@H]4C[C@@H]5C6C4[C@H]4C[C@@H]6[C@@]6(CC=CC[C@@]561)[C@@]423. The number of hydrogen-bond acceptors (Lipinski definition) is 4. The summed E-state index contributed by atoms with van der Waals surface area (Å²) in [6.45, 7) is 0. The molecular weight excluding hydrogens is 376 g/mol. The molecule has 0 aromatic rings. The Balaban J connectivity index is 1.44. The van der Waals surface area contributed by atoms with Gasteiger partial charge in [-0.05, 0) is 82.9 Å². The molecule has 30 heavy (non-hydrogen) atoms. The lowest BCUT2D eigenvalue weighted by molar-refractivity contribution is -0.356. The van der Waals surface area contributed by atoms with Crippen molar-refractivity contribution in [3.8, 4) is 0 Å². The van der Waals surface area contributed by atoms with Crippen LogP contribution in [0.5, 0.6) is 0 Å². The van der Waals surface area contributed by atoms with E-state index in [4.69, 9.17) is 9.47 Å². The number of esters is 2. The molecule has 0 radical (unpaired) electrons. The Kier molecular flexibility index (Phi) is 2.12. The lowest BCUT2D eigenvalue weighted by atomic mass is 9.17. The van der Waals surface area contributed by atoms with Gasteiger partial charge in [0, 0.05) is 11.8 Å². The van der Waals surface area contributed by atoms with Crippen LogP contribution in [0.3, 0.4) is 0 Å². The molecule has 12 atom stereocenters. The van der Waals surface area contributed by atoms with Gasteiger partial charge in [0.15, 0.2) is 0 Å². The van der Waals surface area contributed by atoms with Gasteiger partial charge in [-0.3, -0.25) is 0 Å². The zero-order valence-electron chi connectivity index (χ0n) is 17.4. The normalized spacial score (nSPS) is 64.2. The highest BCUT2D eigenvalue weighted by molar-refractivity contribution is 6.03. The van der Waals surface area contributed by atoms with Crippen LogP contribution in [0.25, 0.3) is 0 Å². The van der Waals surface area contributed by atoms with E-state index >= 15 is 0 Å². The van der Waals surface area contributed by atoms with E-state index in [-0.39, 0.29) is 34.6 Å². The average molecular weight is 402 g/mol. The first-order valence-electron chi connectivity index (χ1n) is 11.8. The Hall–Kier alpha value is -1.84. The lowest BCUT2D eigenvalue weighted by Crippen LogP contribution is -2.83. The Labute approximate surface area is 175 Å². The lowest BCUT2D eigenvalue weighted by Gasteiger charge is -2.85. The standard InChI is InChI=1S/C26H26O4/c1-29-21(27)19-11-5-6-12(20(19)22(28)30-2)26-16-10-14-17-13-9-15(18(16)17)25(11,26)23(13)7-3-4-8-24(14,23)26/h3-6,11-18H,7-10H2,1-2H3/t11-,12+,13-,14+,15+,16-,17?,18?,23-,24-,25-,26+/m1/s1. The van der Waals surface area contributed by atoms with Gasteiger partial charge in [-0.15, -0.1) is 0 Å². The van der Waals surface area contributed by atoms with Crippen molar-refractivity contribution >= 4 is 11.9 Å². The number of carbonyl (C=O) groups excluding carboxylic acids is 2. The van der Waals surface area contributed by atoms with Crippen LogP contribution in [0.15, 0.2) is 35.5 Å². The predicted molar refractivity (Wildman–Crippen MR) is 105 cm³/mol. The Morgan fingerprint density at radius 3 is 1.63 bits per heavy atom. The van der Waals surface area contributed by atoms with Gasteiger partial charge in [0.1, 0.15) is 0 Å². The van der Waals surface area contributed by atoms with Crippen LogP contribution < -0.4 is 0 Å². The van der Waals surface area contributed by atoms with Crippen molar-refractivity contribution < 1.29 is 19.1 Å².